The van der Waals surface area contributed by atoms with Crippen LogP contribution in [0, 0.1) is 0 Å². The summed E-state index contributed by atoms with van der Waals surface area (Å²) in [5.74, 6) is 1.94. The quantitative estimate of drug-likeness (QED) is 0.649. The molecule has 0 spiro atoms. The lowest BCUT2D eigenvalue weighted by Crippen LogP contribution is -2.48. The van der Waals surface area contributed by atoms with Crippen molar-refractivity contribution in [2.75, 3.05) is 32.8 Å². The molecule has 0 saturated carbocycles. The van der Waals surface area contributed by atoms with Gasteiger partial charge in [-0.15, -0.1) is 0 Å². The monoisotopic (exact) mass is 447 g/mol. The normalized spacial score (nSPS) is 20.0. The number of piperidine rings is 1. The Bertz CT molecular complexity index is 1090. The molecular formula is C25H29N5O3. The predicted octanol–water partition coefficient (Wildman–Crippen LogP) is 2.11. The Kier molecular flexibility index (Phi) is 6.17. The van der Waals surface area contributed by atoms with Gasteiger partial charge in [-0.2, -0.15) is 0 Å². The highest BCUT2D eigenvalue weighted by molar-refractivity contribution is 5.95. The lowest BCUT2D eigenvalue weighted by atomic mass is 10.0. The van der Waals surface area contributed by atoms with Crippen LogP contribution in [0.25, 0.3) is 5.70 Å². The Morgan fingerprint density at radius 1 is 1.18 bits per heavy atom. The van der Waals surface area contributed by atoms with E-state index in [4.69, 9.17) is 15.2 Å². The summed E-state index contributed by atoms with van der Waals surface area (Å²) in [5.41, 5.74) is 9.58. The molecule has 3 heterocycles. The van der Waals surface area contributed by atoms with Crippen molar-refractivity contribution in [2.24, 2.45) is 10.7 Å². The highest BCUT2D eigenvalue weighted by atomic mass is 16.6. The van der Waals surface area contributed by atoms with E-state index in [9.17, 15) is 4.79 Å². The average Bonchev–Trinajstić information content (AvgIpc) is 2.87. The first-order valence-electron chi connectivity index (χ1n) is 11.4. The van der Waals surface area contributed by atoms with Crippen molar-refractivity contribution in [2.45, 2.75) is 25.4 Å². The van der Waals surface area contributed by atoms with E-state index in [1.165, 1.54) is 0 Å². The number of nitrogens with zero attached hydrogens (tertiary/aromatic N) is 2. The van der Waals surface area contributed by atoms with Crippen molar-refractivity contribution in [1.29, 1.82) is 0 Å². The molecule has 8 heteroatoms. The number of benzene rings is 2. The van der Waals surface area contributed by atoms with Gasteiger partial charge >= 0.3 is 0 Å². The first-order valence-corrected chi connectivity index (χ1v) is 11.4. The molecule has 3 aliphatic heterocycles. The molecule has 2 aromatic carbocycles. The van der Waals surface area contributed by atoms with Crippen LogP contribution in [0.1, 0.15) is 34.3 Å². The summed E-state index contributed by atoms with van der Waals surface area (Å²) in [6, 6.07) is 13.8. The molecule has 8 nitrogen and oxygen atoms in total. The van der Waals surface area contributed by atoms with Crippen molar-refractivity contribution < 1.29 is 14.3 Å². The van der Waals surface area contributed by atoms with E-state index in [0.29, 0.717) is 43.7 Å². The number of hydrogen-bond acceptors (Lipinski definition) is 7. The molecule has 4 N–H and O–H groups in total. The molecule has 0 bridgehead atoms. The molecule has 0 aromatic heterocycles. The van der Waals surface area contributed by atoms with Crippen LogP contribution in [0.15, 0.2) is 53.7 Å². The van der Waals surface area contributed by atoms with Crippen LogP contribution in [0.5, 0.6) is 11.5 Å². The zero-order valence-corrected chi connectivity index (χ0v) is 18.5. The summed E-state index contributed by atoms with van der Waals surface area (Å²) in [5, 5.41) is 6.48. The molecule has 172 valence electrons. The summed E-state index contributed by atoms with van der Waals surface area (Å²) in [6.07, 6.45) is 4.06. The van der Waals surface area contributed by atoms with Crippen LogP contribution < -0.4 is 25.8 Å². The Balaban J connectivity index is 1.30. The number of nitrogens with two attached hydrogens (primary N) is 1. The Morgan fingerprint density at radius 2 is 2.06 bits per heavy atom. The molecule has 2 aromatic rings. The third kappa shape index (κ3) is 4.80. The summed E-state index contributed by atoms with van der Waals surface area (Å²) >= 11 is 0. The van der Waals surface area contributed by atoms with Gasteiger partial charge < -0.3 is 30.7 Å². The van der Waals surface area contributed by atoms with E-state index in [1.807, 2.05) is 48.7 Å². The third-order valence-electron chi connectivity index (χ3n) is 6.19. The number of fused-ring (bicyclic) bond motifs is 1. The van der Waals surface area contributed by atoms with E-state index in [-0.39, 0.29) is 5.91 Å². The van der Waals surface area contributed by atoms with Gasteiger partial charge in [-0.25, -0.2) is 4.99 Å². The minimum atomic E-state index is -0.128. The molecule has 33 heavy (non-hydrogen) atoms. The molecule has 0 aliphatic carbocycles. The van der Waals surface area contributed by atoms with Crippen LogP contribution in [-0.4, -0.2) is 55.5 Å². The molecular weight excluding hydrogens is 418 g/mol. The van der Waals surface area contributed by atoms with Crippen LogP contribution in [0.3, 0.4) is 0 Å². The van der Waals surface area contributed by atoms with Gasteiger partial charge in [0.05, 0.1) is 18.4 Å². The average molecular weight is 448 g/mol. The number of aliphatic imine (C=N–C) groups is 1. The summed E-state index contributed by atoms with van der Waals surface area (Å²) in [7, 11) is 0. The van der Waals surface area contributed by atoms with Crippen LogP contribution in [-0.2, 0) is 6.54 Å². The minimum absolute atomic E-state index is 0.128. The first-order chi connectivity index (χ1) is 16.2. The highest BCUT2D eigenvalue weighted by Gasteiger charge is 2.26. The minimum Gasteiger partial charge on any atom is -0.486 e. The van der Waals surface area contributed by atoms with Crippen LogP contribution in [0.4, 0.5) is 0 Å². The molecule has 3 aliphatic rings. The molecule has 1 saturated heterocycles. The smallest absolute Gasteiger partial charge is 0.251 e. The molecule has 1 atom stereocenters. The Hall–Kier alpha value is -3.52. The topological polar surface area (TPSA) is 101 Å². The van der Waals surface area contributed by atoms with Crippen molar-refractivity contribution in [3.05, 3.63) is 65.4 Å². The maximum atomic E-state index is 12.9. The second kappa shape index (κ2) is 9.54. The maximum absolute atomic E-state index is 12.9. The molecule has 0 unspecified atom stereocenters. The standard InChI is InChI=1S/C25H29N5O3/c26-24-16-30(20-5-2-8-27-14-20)21(15-28-24)18-3-1-4-19(12-18)25(31)29-13-17-6-7-22-23(11-17)33-10-9-32-22/h1,3-4,6-7,11-12,15,20,27H,2,5,8-10,13-14,16H2,(H2,26,28)(H,29,31)/t20-/m0/s1. The van der Waals surface area contributed by atoms with E-state index in [0.717, 1.165) is 54.3 Å². The molecule has 1 fully saturated rings. The van der Waals surface area contributed by atoms with Gasteiger partial charge in [0, 0.05) is 30.3 Å². The number of carbonyl (C=O) groups is 1. The van der Waals surface area contributed by atoms with Gasteiger partial charge in [-0.3, -0.25) is 4.79 Å². The third-order valence-corrected chi connectivity index (χ3v) is 6.19. The van der Waals surface area contributed by atoms with Gasteiger partial charge in [0.2, 0.25) is 0 Å². The fourth-order valence-corrected chi connectivity index (χ4v) is 4.49. The van der Waals surface area contributed by atoms with Crippen molar-refractivity contribution >= 4 is 17.4 Å². The SMILES string of the molecule is NC1=NC=C(c2cccc(C(=O)NCc3ccc4c(c3)OCCO4)c2)N([C@H]2CCCNC2)C1. The van der Waals surface area contributed by atoms with Gasteiger partial charge in [-0.05, 0) is 49.2 Å². The van der Waals surface area contributed by atoms with E-state index >= 15 is 0 Å². The highest BCUT2D eigenvalue weighted by Crippen LogP contribution is 2.31. The molecule has 5 rings (SSSR count). The second-order valence-corrected chi connectivity index (χ2v) is 8.50. The van der Waals surface area contributed by atoms with Crippen LogP contribution >= 0.6 is 0 Å². The number of hydrogen-bond donors (Lipinski definition) is 3. The summed E-state index contributed by atoms with van der Waals surface area (Å²) in [6.45, 7) is 4.06. The molecule has 1 amide bonds. The second-order valence-electron chi connectivity index (χ2n) is 8.50. The van der Waals surface area contributed by atoms with E-state index in [2.05, 4.69) is 20.5 Å². The van der Waals surface area contributed by atoms with Crippen molar-refractivity contribution in [3.63, 3.8) is 0 Å². The van der Waals surface area contributed by atoms with Gasteiger partial charge in [-0.1, -0.05) is 18.2 Å². The van der Waals surface area contributed by atoms with Gasteiger partial charge in [0.15, 0.2) is 11.5 Å². The van der Waals surface area contributed by atoms with Crippen molar-refractivity contribution in [3.8, 4) is 11.5 Å². The summed E-state index contributed by atoms with van der Waals surface area (Å²) in [4.78, 5) is 19.6. The lowest BCUT2D eigenvalue weighted by Gasteiger charge is -2.39. The number of carbonyl (C=O) groups excluding carboxylic acids is 1. The zero-order chi connectivity index (χ0) is 22.6. The van der Waals surface area contributed by atoms with E-state index in [1.54, 1.807) is 0 Å². The summed E-state index contributed by atoms with van der Waals surface area (Å²) < 4.78 is 11.2. The fourth-order valence-electron chi connectivity index (χ4n) is 4.49. The number of nitrogens with one attached hydrogen (secondary N) is 2. The number of amidine groups is 1. The van der Waals surface area contributed by atoms with Crippen molar-refractivity contribution in [1.82, 2.24) is 15.5 Å². The number of rotatable bonds is 5. The predicted molar refractivity (Wildman–Crippen MR) is 127 cm³/mol. The number of amides is 1. The van der Waals surface area contributed by atoms with Crippen LogP contribution in [0.2, 0.25) is 0 Å². The maximum Gasteiger partial charge on any atom is 0.251 e. The fraction of sp³-hybridized carbons (Fsp3) is 0.360. The van der Waals surface area contributed by atoms with E-state index < -0.39 is 0 Å². The van der Waals surface area contributed by atoms with Gasteiger partial charge in [0.25, 0.3) is 5.91 Å². The Morgan fingerprint density at radius 3 is 2.91 bits per heavy atom. The first kappa shape index (κ1) is 21.3. The zero-order valence-electron chi connectivity index (χ0n) is 18.5. The lowest BCUT2D eigenvalue weighted by molar-refractivity contribution is 0.0950. The van der Waals surface area contributed by atoms with Gasteiger partial charge in [0.1, 0.15) is 19.0 Å². The molecule has 0 radical (unpaired) electrons. The largest absolute Gasteiger partial charge is 0.486 e. The Labute approximate surface area is 193 Å². The number of ether oxygens (including phenoxy) is 2.